The van der Waals surface area contributed by atoms with Crippen LogP contribution in [-0.2, 0) is 42.4 Å². The van der Waals surface area contributed by atoms with Crippen molar-refractivity contribution in [2.24, 2.45) is 0 Å². The first kappa shape index (κ1) is 18.5. The van der Waals surface area contributed by atoms with Crippen molar-refractivity contribution < 1.29 is 55.3 Å². The Kier molecular flexibility index (Phi) is 7.21. The van der Waals surface area contributed by atoms with Crippen molar-refractivity contribution in [1.29, 1.82) is 0 Å². The number of carbonyl (C=O) groups is 1. The van der Waals surface area contributed by atoms with E-state index in [0.717, 1.165) is 7.11 Å². The molecule has 1 saturated heterocycles. The number of aliphatic carboxylic acids is 1. The third-order valence-corrected chi connectivity index (χ3v) is 3.31. The molecule has 0 saturated carbocycles. The van der Waals surface area contributed by atoms with Gasteiger partial charge in [0, 0.05) is 7.11 Å². The fraction of sp³-hybridized carbons (Fsp3) is 0.857. The van der Waals surface area contributed by atoms with Gasteiger partial charge in [-0.3, -0.25) is 8.74 Å². The molecular weight excluding hydrogens is 340 g/mol. The molecule has 14 heteroatoms. The van der Waals surface area contributed by atoms with E-state index < -0.39 is 47.4 Å². The van der Waals surface area contributed by atoms with E-state index in [9.17, 15) is 13.2 Å². The summed E-state index contributed by atoms with van der Waals surface area (Å²) in [5.74, 6) is -1.42. The predicted octanol–water partition coefficient (Wildman–Crippen LogP) is -0.958. The van der Waals surface area contributed by atoms with E-state index in [1.54, 1.807) is 0 Å². The van der Waals surface area contributed by atoms with Gasteiger partial charge < -0.3 is 14.6 Å². The van der Waals surface area contributed by atoms with Crippen LogP contribution in [0.15, 0.2) is 0 Å². The number of carboxylic acids is 1. The van der Waals surface area contributed by atoms with E-state index in [1.807, 2.05) is 0 Å². The molecule has 0 bridgehead atoms. The van der Waals surface area contributed by atoms with Gasteiger partial charge in [-0.25, -0.2) is 14.2 Å². The zero-order chi connectivity index (χ0) is 16.0. The average molecular weight is 352 g/mol. The number of methoxy groups -OCH3 is 1. The summed E-state index contributed by atoms with van der Waals surface area (Å²) in [6, 6.07) is 0. The highest BCUT2D eigenvalue weighted by molar-refractivity contribution is 7.89. The smallest absolute Gasteiger partial charge is 0.397 e. The van der Waals surface area contributed by atoms with Crippen LogP contribution in [0.1, 0.15) is 0 Å². The third kappa shape index (κ3) is 5.62. The summed E-state index contributed by atoms with van der Waals surface area (Å²) in [5, 5.41) is 20.2. The predicted molar refractivity (Wildman–Crippen MR) is 61.9 cm³/mol. The quantitative estimate of drug-likeness (QED) is 0.161. The Hall–Kier alpha value is -0.550. The van der Waals surface area contributed by atoms with Crippen molar-refractivity contribution in [2.75, 3.05) is 13.7 Å². The fourth-order valence-electron chi connectivity index (χ4n) is 1.69. The van der Waals surface area contributed by atoms with Crippen LogP contribution in [0.5, 0.6) is 0 Å². The standard InChI is InChI=1S/C7H12O12S2/c1-14-4-3(17-21(11,12)13)2-15-6(7(8)9)5(4)16-20-19-18-10/h3-6,10H,2H2,1H3,(H,8,9)(H,11,12,13)/t3?,4-,5-,6?/m1/s1. The molecule has 1 heterocycles. The van der Waals surface area contributed by atoms with E-state index in [2.05, 4.69) is 13.6 Å². The summed E-state index contributed by atoms with van der Waals surface area (Å²) in [6.45, 7) is -0.489. The molecule has 0 amide bonds. The average Bonchev–Trinajstić information content (AvgIpc) is 2.37. The van der Waals surface area contributed by atoms with E-state index >= 15 is 0 Å². The Labute approximate surface area is 123 Å². The van der Waals surface area contributed by atoms with Gasteiger partial charge in [-0.2, -0.15) is 8.42 Å². The summed E-state index contributed by atoms with van der Waals surface area (Å²) in [6.07, 6.45) is -5.53. The SMILES string of the molecule is CO[C@@H]1C(OS(=O)(=O)O)COC(C(=O)O)[C@@H]1OSOOO. The number of rotatable bonds is 8. The molecule has 4 atom stereocenters. The molecule has 124 valence electrons. The monoisotopic (exact) mass is 352 g/mol. The Morgan fingerprint density at radius 2 is 2.05 bits per heavy atom. The van der Waals surface area contributed by atoms with Crippen molar-refractivity contribution in [1.82, 2.24) is 0 Å². The first-order valence-electron chi connectivity index (χ1n) is 5.13. The molecule has 1 fully saturated rings. The van der Waals surface area contributed by atoms with Crippen molar-refractivity contribution in [3.63, 3.8) is 0 Å². The van der Waals surface area contributed by atoms with E-state index in [1.165, 1.54) is 0 Å². The lowest BCUT2D eigenvalue weighted by atomic mass is 10.00. The lowest BCUT2D eigenvalue weighted by Gasteiger charge is -2.37. The normalized spacial score (nSPS) is 30.2. The van der Waals surface area contributed by atoms with Crippen LogP contribution in [0.25, 0.3) is 0 Å². The van der Waals surface area contributed by atoms with Crippen molar-refractivity contribution in [3.8, 4) is 0 Å². The van der Waals surface area contributed by atoms with Crippen LogP contribution in [0.4, 0.5) is 0 Å². The van der Waals surface area contributed by atoms with Crippen LogP contribution in [-0.4, -0.2) is 67.4 Å². The van der Waals surface area contributed by atoms with Crippen LogP contribution in [0.2, 0.25) is 0 Å². The molecule has 21 heavy (non-hydrogen) atoms. The van der Waals surface area contributed by atoms with Gasteiger partial charge in [-0.05, 0) is 0 Å². The molecule has 0 aromatic rings. The first-order valence-corrected chi connectivity index (χ1v) is 7.16. The fourth-order valence-corrected chi connectivity index (χ4v) is 2.52. The second kappa shape index (κ2) is 8.18. The Morgan fingerprint density at radius 3 is 2.52 bits per heavy atom. The van der Waals surface area contributed by atoms with Crippen molar-refractivity contribution >= 4 is 28.7 Å². The molecule has 0 spiro atoms. The maximum atomic E-state index is 11.1. The highest BCUT2D eigenvalue weighted by Gasteiger charge is 2.48. The highest BCUT2D eigenvalue weighted by atomic mass is 32.3. The lowest BCUT2D eigenvalue weighted by molar-refractivity contribution is -0.434. The molecule has 1 aliphatic rings. The van der Waals surface area contributed by atoms with Crippen LogP contribution < -0.4 is 0 Å². The van der Waals surface area contributed by atoms with E-state index in [4.69, 9.17) is 28.6 Å². The molecule has 0 aromatic heterocycles. The number of carboxylic acid groups (broad SMARTS) is 1. The molecule has 12 nitrogen and oxygen atoms in total. The first-order chi connectivity index (χ1) is 9.80. The lowest BCUT2D eigenvalue weighted by Crippen LogP contribution is -2.58. The Bertz CT molecular complexity index is 437. The summed E-state index contributed by atoms with van der Waals surface area (Å²) in [5.41, 5.74) is 0. The summed E-state index contributed by atoms with van der Waals surface area (Å²) in [4.78, 5) is 11.1. The minimum atomic E-state index is -4.82. The molecule has 0 radical (unpaired) electrons. The topological polar surface area (TPSA) is 167 Å². The Balaban J connectivity index is 2.87. The largest absolute Gasteiger partial charge is 0.479 e. The van der Waals surface area contributed by atoms with Gasteiger partial charge in [-0.1, -0.05) is 5.04 Å². The van der Waals surface area contributed by atoms with Gasteiger partial charge in [0.2, 0.25) is 0 Å². The summed E-state index contributed by atoms with van der Waals surface area (Å²) >= 11 is 0.0570. The van der Waals surface area contributed by atoms with Crippen molar-refractivity contribution in [2.45, 2.75) is 24.4 Å². The molecule has 0 aliphatic carbocycles. The molecule has 1 rings (SSSR count). The summed E-state index contributed by atoms with van der Waals surface area (Å²) in [7, 11) is -3.68. The highest BCUT2D eigenvalue weighted by Crippen LogP contribution is 2.27. The van der Waals surface area contributed by atoms with Crippen LogP contribution in [0, 0.1) is 0 Å². The number of hydrogen-bond donors (Lipinski definition) is 3. The van der Waals surface area contributed by atoms with Crippen molar-refractivity contribution in [3.05, 3.63) is 0 Å². The molecule has 2 unspecified atom stereocenters. The second-order valence-electron chi connectivity index (χ2n) is 3.63. The van der Waals surface area contributed by atoms with E-state index in [0.29, 0.717) is 0 Å². The van der Waals surface area contributed by atoms with Gasteiger partial charge in [0.15, 0.2) is 18.4 Å². The van der Waals surface area contributed by atoms with Gasteiger partial charge in [0.25, 0.3) is 0 Å². The third-order valence-electron chi connectivity index (χ3n) is 2.40. The van der Waals surface area contributed by atoms with E-state index in [-0.39, 0.29) is 12.3 Å². The van der Waals surface area contributed by atoms with Gasteiger partial charge in [0.1, 0.15) is 18.3 Å². The minimum absolute atomic E-state index is 0.0570. The maximum Gasteiger partial charge on any atom is 0.397 e. The van der Waals surface area contributed by atoms with Crippen LogP contribution >= 0.6 is 12.3 Å². The number of hydrogen-bond acceptors (Lipinski definition) is 11. The molecule has 1 aliphatic heterocycles. The maximum absolute atomic E-state index is 11.1. The molecular formula is C7H12O12S2. The zero-order valence-corrected chi connectivity index (χ0v) is 12.0. The van der Waals surface area contributed by atoms with Gasteiger partial charge in [-0.15, -0.1) is 4.33 Å². The molecule has 0 aromatic carbocycles. The second-order valence-corrected chi connectivity index (χ2v) is 5.14. The summed E-state index contributed by atoms with van der Waals surface area (Å²) < 4.78 is 53.1. The number of ether oxygens (including phenoxy) is 2. The zero-order valence-electron chi connectivity index (χ0n) is 10.3. The Morgan fingerprint density at radius 1 is 1.38 bits per heavy atom. The molecule has 3 N–H and O–H groups in total. The van der Waals surface area contributed by atoms with Gasteiger partial charge >= 0.3 is 16.4 Å². The van der Waals surface area contributed by atoms with Gasteiger partial charge in [0.05, 0.1) is 6.61 Å². The van der Waals surface area contributed by atoms with Crippen LogP contribution in [0.3, 0.4) is 0 Å². The minimum Gasteiger partial charge on any atom is -0.479 e.